The van der Waals surface area contributed by atoms with Crippen LogP contribution in [0, 0.1) is 0 Å². The molecule has 14 heavy (non-hydrogen) atoms. The van der Waals surface area contributed by atoms with Crippen molar-refractivity contribution < 1.29 is 19.7 Å². The zero-order valence-corrected chi connectivity index (χ0v) is 6.88. The summed E-state index contributed by atoms with van der Waals surface area (Å²) in [6.45, 7) is 0. The fraction of sp³-hybridized carbons (Fsp3) is 0. The molecule has 0 unspecified atom stereocenters. The first-order chi connectivity index (χ1) is 6.68. The summed E-state index contributed by atoms with van der Waals surface area (Å²) in [4.78, 5) is 0. The number of phenols is 3. The molecule has 0 aliphatic carbocycles. The molecule has 1 aromatic heterocycles. The van der Waals surface area contributed by atoms with Crippen LogP contribution in [-0.2, 0) is 0 Å². The average Bonchev–Trinajstić information content (AvgIpc) is 2.66. The minimum atomic E-state index is -0.576. The SMILES string of the molecule is Oc1cc(-c2nnco2)cc(O)c1O. The van der Waals surface area contributed by atoms with Crippen molar-refractivity contribution in [1.29, 1.82) is 0 Å². The van der Waals surface area contributed by atoms with Gasteiger partial charge in [-0.25, -0.2) is 0 Å². The predicted molar refractivity (Wildman–Crippen MR) is 44.7 cm³/mol. The molecule has 1 heterocycles. The Bertz CT molecular complexity index is 429. The normalized spacial score (nSPS) is 10.3. The van der Waals surface area contributed by atoms with Gasteiger partial charge in [-0.2, -0.15) is 0 Å². The van der Waals surface area contributed by atoms with Crippen LogP contribution in [0.25, 0.3) is 11.5 Å². The van der Waals surface area contributed by atoms with E-state index in [2.05, 4.69) is 10.2 Å². The van der Waals surface area contributed by atoms with Crippen molar-refractivity contribution in [3.05, 3.63) is 18.5 Å². The Kier molecular flexibility index (Phi) is 1.74. The summed E-state index contributed by atoms with van der Waals surface area (Å²) >= 11 is 0. The third kappa shape index (κ3) is 1.22. The predicted octanol–water partition coefficient (Wildman–Crippen LogP) is 0.853. The lowest BCUT2D eigenvalue weighted by Gasteiger charge is -2.01. The van der Waals surface area contributed by atoms with Crippen molar-refractivity contribution in [2.24, 2.45) is 0 Å². The summed E-state index contributed by atoms with van der Waals surface area (Å²) in [6.07, 6.45) is 1.12. The highest BCUT2D eigenvalue weighted by Crippen LogP contribution is 2.38. The van der Waals surface area contributed by atoms with Crippen molar-refractivity contribution in [2.45, 2.75) is 0 Å². The molecule has 0 bridgehead atoms. The molecule has 0 radical (unpaired) electrons. The van der Waals surface area contributed by atoms with E-state index < -0.39 is 17.2 Å². The number of hydrogen-bond donors (Lipinski definition) is 3. The molecule has 2 aromatic rings. The fourth-order valence-corrected chi connectivity index (χ4v) is 1.03. The number of nitrogens with zero attached hydrogens (tertiary/aromatic N) is 2. The van der Waals surface area contributed by atoms with Crippen molar-refractivity contribution in [2.75, 3.05) is 0 Å². The molecular weight excluding hydrogens is 188 g/mol. The summed E-state index contributed by atoms with van der Waals surface area (Å²) in [5.41, 5.74) is 0.329. The van der Waals surface area contributed by atoms with Gasteiger partial charge in [-0.05, 0) is 12.1 Å². The molecule has 0 fully saturated rings. The first kappa shape index (κ1) is 8.36. The van der Waals surface area contributed by atoms with Gasteiger partial charge >= 0.3 is 0 Å². The lowest BCUT2D eigenvalue weighted by molar-refractivity contribution is 0.368. The summed E-state index contributed by atoms with van der Waals surface area (Å²) in [5.74, 6) is -1.32. The van der Waals surface area contributed by atoms with Gasteiger partial charge in [0.15, 0.2) is 17.2 Å². The van der Waals surface area contributed by atoms with Crippen LogP contribution in [0.5, 0.6) is 17.2 Å². The molecule has 0 aliphatic heterocycles. The first-order valence-corrected chi connectivity index (χ1v) is 3.70. The van der Waals surface area contributed by atoms with E-state index in [1.807, 2.05) is 0 Å². The Morgan fingerprint density at radius 3 is 2.21 bits per heavy atom. The molecule has 1 aromatic carbocycles. The quantitative estimate of drug-likeness (QED) is 0.582. The molecule has 6 heteroatoms. The number of aromatic hydroxyl groups is 3. The van der Waals surface area contributed by atoms with Crippen LogP contribution in [0.3, 0.4) is 0 Å². The first-order valence-electron chi connectivity index (χ1n) is 3.70. The van der Waals surface area contributed by atoms with Gasteiger partial charge in [-0.15, -0.1) is 10.2 Å². The second-order valence-corrected chi connectivity index (χ2v) is 2.61. The maximum atomic E-state index is 9.18. The van der Waals surface area contributed by atoms with E-state index in [1.165, 1.54) is 12.1 Å². The lowest BCUT2D eigenvalue weighted by atomic mass is 10.2. The topological polar surface area (TPSA) is 99.6 Å². The molecule has 0 atom stereocenters. The average molecular weight is 194 g/mol. The van der Waals surface area contributed by atoms with Crippen LogP contribution in [0.4, 0.5) is 0 Å². The van der Waals surface area contributed by atoms with E-state index in [9.17, 15) is 10.2 Å². The van der Waals surface area contributed by atoms with Crippen LogP contribution in [0.15, 0.2) is 22.9 Å². The van der Waals surface area contributed by atoms with Crippen LogP contribution in [0.2, 0.25) is 0 Å². The fourth-order valence-electron chi connectivity index (χ4n) is 1.03. The van der Waals surface area contributed by atoms with E-state index in [0.29, 0.717) is 5.56 Å². The molecular formula is C8H6N2O4. The molecule has 0 spiro atoms. The van der Waals surface area contributed by atoms with Crippen LogP contribution >= 0.6 is 0 Å². The molecule has 6 nitrogen and oxygen atoms in total. The highest BCUT2D eigenvalue weighted by Gasteiger charge is 2.11. The Morgan fingerprint density at radius 1 is 1.07 bits per heavy atom. The maximum Gasteiger partial charge on any atom is 0.247 e. The zero-order valence-electron chi connectivity index (χ0n) is 6.88. The van der Waals surface area contributed by atoms with E-state index in [4.69, 9.17) is 9.52 Å². The van der Waals surface area contributed by atoms with Crippen LogP contribution in [-0.4, -0.2) is 25.5 Å². The monoisotopic (exact) mass is 194 g/mol. The summed E-state index contributed by atoms with van der Waals surface area (Å²) in [6, 6.07) is 2.42. The maximum absolute atomic E-state index is 9.18. The van der Waals surface area contributed by atoms with Gasteiger partial charge in [-0.1, -0.05) is 0 Å². The van der Waals surface area contributed by atoms with E-state index in [1.54, 1.807) is 0 Å². The second-order valence-electron chi connectivity index (χ2n) is 2.61. The van der Waals surface area contributed by atoms with Crippen molar-refractivity contribution >= 4 is 0 Å². The van der Waals surface area contributed by atoms with Gasteiger partial charge in [0.2, 0.25) is 12.3 Å². The molecule has 2 rings (SSSR count). The second kappa shape index (κ2) is 2.91. The minimum absolute atomic E-state index is 0.149. The highest BCUT2D eigenvalue weighted by atomic mass is 16.4. The number of benzene rings is 1. The van der Waals surface area contributed by atoms with Crippen molar-refractivity contribution in [3.63, 3.8) is 0 Å². The van der Waals surface area contributed by atoms with E-state index >= 15 is 0 Å². The Balaban J connectivity index is 2.57. The van der Waals surface area contributed by atoms with Crippen LogP contribution in [0.1, 0.15) is 0 Å². The van der Waals surface area contributed by atoms with Gasteiger partial charge in [-0.3, -0.25) is 0 Å². The van der Waals surface area contributed by atoms with Gasteiger partial charge < -0.3 is 19.7 Å². The Labute approximate surface area is 78.1 Å². The smallest absolute Gasteiger partial charge is 0.247 e. The van der Waals surface area contributed by atoms with Crippen LogP contribution < -0.4 is 0 Å². The Morgan fingerprint density at radius 2 is 1.71 bits per heavy atom. The summed E-state index contributed by atoms with van der Waals surface area (Å²) in [5, 5.41) is 34.4. The summed E-state index contributed by atoms with van der Waals surface area (Å²) in [7, 11) is 0. The number of phenolic OH excluding ortho intramolecular Hbond substituents is 3. The minimum Gasteiger partial charge on any atom is -0.504 e. The molecule has 3 N–H and O–H groups in total. The van der Waals surface area contributed by atoms with Gasteiger partial charge in [0.25, 0.3) is 0 Å². The molecule has 0 saturated heterocycles. The van der Waals surface area contributed by atoms with Gasteiger partial charge in [0.05, 0.1) is 0 Å². The molecule has 0 aliphatic rings. The van der Waals surface area contributed by atoms with Gasteiger partial charge in [0, 0.05) is 5.56 Å². The zero-order chi connectivity index (χ0) is 10.1. The third-order valence-electron chi connectivity index (χ3n) is 1.68. The van der Waals surface area contributed by atoms with E-state index in [0.717, 1.165) is 6.39 Å². The molecule has 0 saturated carbocycles. The Hall–Kier alpha value is -2.24. The summed E-state index contributed by atoms with van der Waals surface area (Å²) < 4.78 is 4.84. The number of hydrogen-bond acceptors (Lipinski definition) is 6. The number of rotatable bonds is 1. The standard InChI is InChI=1S/C8H6N2O4/c11-5-1-4(2-6(12)7(5)13)8-10-9-3-14-8/h1-3,11-13H. The number of aromatic nitrogens is 2. The van der Waals surface area contributed by atoms with Gasteiger partial charge in [0.1, 0.15) is 0 Å². The molecule has 0 amide bonds. The molecule has 72 valence electrons. The van der Waals surface area contributed by atoms with E-state index in [-0.39, 0.29) is 5.89 Å². The largest absolute Gasteiger partial charge is 0.504 e. The van der Waals surface area contributed by atoms with Crippen molar-refractivity contribution in [1.82, 2.24) is 10.2 Å². The highest BCUT2D eigenvalue weighted by molar-refractivity contribution is 5.64. The third-order valence-corrected chi connectivity index (χ3v) is 1.68. The lowest BCUT2D eigenvalue weighted by Crippen LogP contribution is -1.79. The van der Waals surface area contributed by atoms with Crippen molar-refractivity contribution in [3.8, 4) is 28.7 Å².